The van der Waals surface area contributed by atoms with E-state index >= 15 is 0 Å². The van der Waals surface area contributed by atoms with Crippen molar-refractivity contribution >= 4 is 31.2 Å². The first-order chi connectivity index (χ1) is 18.1. The van der Waals surface area contributed by atoms with E-state index in [9.17, 15) is 22.8 Å². The van der Waals surface area contributed by atoms with E-state index in [1.807, 2.05) is 11.8 Å². The molecule has 6 nitrogen and oxygen atoms in total. The monoisotopic (exact) mass is 553 g/mol. The quantitative estimate of drug-likeness (QED) is 0.170. The van der Waals surface area contributed by atoms with Gasteiger partial charge in [0.2, 0.25) is 5.91 Å². The minimum Gasteiger partial charge on any atom is -0.481 e. The van der Waals surface area contributed by atoms with Crippen LogP contribution in [0, 0.1) is 5.92 Å². The number of carboxylic acid groups (broad SMARTS) is 1. The van der Waals surface area contributed by atoms with Crippen LogP contribution in [0.15, 0.2) is 52.8 Å². The number of halogens is 3. The molecule has 2 atom stereocenters. The minimum atomic E-state index is -4.43. The summed E-state index contributed by atoms with van der Waals surface area (Å²) in [4.78, 5) is 32.2. The standard InChI is InChI=1S/C27H34F3N3O3.CH4S/c1-3-7-20(11-12-24(31-2)32-14-6-8-19(17-32)16-25(34)35)26(36)33-15-13-21(18-33)22-9-4-5-10-23(22)27(28,29)30;1-2/h4-5,9-12,19,21H,2-3,6-8,13-18H2,1H3,(H,34,35);2H,1H3/b20-11+,24-12+;. The number of aliphatic imine (C=N–C) groups is 1. The highest BCUT2D eigenvalue weighted by atomic mass is 32.1. The summed E-state index contributed by atoms with van der Waals surface area (Å²) in [6.07, 6.45) is 4.27. The Bertz CT molecular complexity index is 1030. The molecule has 0 radical (unpaired) electrons. The third kappa shape index (κ3) is 8.64. The zero-order chi connectivity index (χ0) is 28.3. The average molecular weight is 554 g/mol. The summed E-state index contributed by atoms with van der Waals surface area (Å²) >= 11 is 3.53. The molecule has 2 unspecified atom stereocenters. The molecular formula is C28H38F3N3O3S. The maximum Gasteiger partial charge on any atom is 0.416 e. The molecule has 2 aliphatic heterocycles. The van der Waals surface area contributed by atoms with Crippen LogP contribution in [0.25, 0.3) is 0 Å². The number of hydrogen-bond donors (Lipinski definition) is 2. The smallest absolute Gasteiger partial charge is 0.416 e. The molecule has 0 aromatic heterocycles. The van der Waals surface area contributed by atoms with Gasteiger partial charge in [-0.1, -0.05) is 31.5 Å². The fraction of sp³-hybridized carbons (Fsp3) is 0.536. The second-order valence-electron chi connectivity index (χ2n) is 9.50. The van der Waals surface area contributed by atoms with Crippen molar-refractivity contribution in [2.75, 3.05) is 32.4 Å². The van der Waals surface area contributed by atoms with E-state index in [1.165, 1.54) is 12.1 Å². The van der Waals surface area contributed by atoms with Crippen LogP contribution in [-0.4, -0.2) is 65.9 Å². The zero-order valence-corrected chi connectivity index (χ0v) is 23.0. The van der Waals surface area contributed by atoms with Crippen molar-refractivity contribution in [3.8, 4) is 0 Å². The second kappa shape index (κ2) is 15.0. The second-order valence-corrected chi connectivity index (χ2v) is 9.50. The van der Waals surface area contributed by atoms with Gasteiger partial charge in [0.1, 0.15) is 5.82 Å². The number of aliphatic carboxylic acids is 1. The maximum absolute atomic E-state index is 13.5. The van der Waals surface area contributed by atoms with Crippen molar-refractivity contribution in [2.24, 2.45) is 10.9 Å². The van der Waals surface area contributed by atoms with Gasteiger partial charge in [0.15, 0.2) is 0 Å². The van der Waals surface area contributed by atoms with Gasteiger partial charge in [0.25, 0.3) is 0 Å². The van der Waals surface area contributed by atoms with Crippen molar-refractivity contribution in [1.82, 2.24) is 9.80 Å². The summed E-state index contributed by atoms with van der Waals surface area (Å²) in [5.41, 5.74) is 0.170. The fourth-order valence-electron chi connectivity index (χ4n) is 5.16. The largest absolute Gasteiger partial charge is 0.481 e. The summed E-state index contributed by atoms with van der Waals surface area (Å²) in [5.74, 6) is -0.745. The summed E-state index contributed by atoms with van der Waals surface area (Å²) in [6, 6.07) is 5.59. The van der Waals surface area contributed by atoms with Gasteiger partial charge in [-0.05, 0) is 68.4 Å². The molecule has 3 rings (SSSR count). The van der Waals surface area contributed by atoms with Crippen molar-refractivity contribution in [3.63, 3.8) is 0 Å². The Hall–Kier alpha value is -2.75. The Labute approximate surface area is 228 Å². The van der Waals surface area contributed by atoms with Crippen LogP contribution in [0.1, 0.15) is 62.5 Å². The lowest BCUT2D eigenvalue weighted by Crippen LogP contribution is -2.35. The predicted octanol–water partition coefficient (Wildman–Crippen LogP) is 6.02. The van der Waals surface area contributed by atoms with Gasteiger partial charge in [-0.15, -0.1) is 0 Å². The molecule has 0 bridgehead atoms. The van der Waals surface area contributed by atoms with E-state index in [0.29, 0.717) is 37.3 Å². The Morgan fingerprint density at radius 1 is 1.13 bits per heavy atom. The van der Waals surface area contributed by atoms with Crippen LogP contribution < -0.4 is 0 Å². The topological polar surface area (TPSA) is 73.2 Å². The van der Waals surface area contributed by atoms with Gasteiger partial charge in [0, 0.05) is 44.1 Å². The molecule has 2 heterocycles. The number of thiol groups is 1. The van der Waals surface area contributed by atoms with Crippen molar-refractivity contribution in [3.05, 3.63) is 58.9 Å². The number of nitrogens with zero attached hydrogens (tertiary/aromatic N) is 3. The molecule has 0 saturated carbocycles. The molecule has 0 aliphatic carbocycles. The van der Waals surface area contributed by atoms with Gasteiger partial charge in [-0.2, -0.15) is 25.8 Å². The summed E-state index contributed by atoms with van der Waals surface area (Å²) < 4.78 is 40.5. The molecule has 2 saturated heterocycles. The Kier molecular flexibility index (Phi) is 12.4. The SMILES string of the molecule is C=N/C(=C\C=C(/CCC)C(=O)N1CCC(c2ccccc2C(F)(F)F)C1)N1CCCC(CC(=O)O)C1.CS. The highest BCUT2D eigenvalue weighted by Gasteiger charge is 2.37. The average Bonchev–Trinajstić information content (AvgIpc) is 3.39. The first-order valence-corrected chi connectivity index (χ1v) is 13.8. The lowest BCUT2D eigenvalue weighted by molar-refractivity contribution is -0.139. The minimum absolute atomic E-state index is 0.0308. The third-order valence-electron chi connectivity index (χ3n) is 6.88. The van der Waals surface area contributed by atoms with E-state index in [1.54, 1.807) is 29.4 Å². The third-order valence-corrected chi connectivity index (χ3v) is 6.88. The molecular weight excluding hydrogens is 515 g/mol. The Balaban J connectivity index is 0.00000247. The predicted molar refractivity (Wildman–Crippen MR) is 147 cm³/mol. The number of amides is 1. The van der Waals surface area contributed by atoms with Gasteiger partial charge in [-0.3, -0.25) is 9.59 Å². The fourth-order valence-corrected chi connectivity index (χ4v) is 5.16. The number of piperidine rings is 1. The van der Waals surface area contributed by atoms with Gasteiger partial charge in [0.05, 0.1) is 5.56 Å². The van der Waals surface area contributed by atoms with Crippen LogP contribution >= 0.6 is 12.6 Å². The Morgan fingerprint density at radius 3 is 2.47 bits per heavy atom. The molecule has 1 amide bonds. The van der Waals surface area contributed by atoms with E-state index in [4.69, 9.17) is 5.11 Å². The molecule has 1 aromatic carbocycles. The van der Waals surface area contributed by atoms with E-state index in [-0.39, 0.29) is 36.3 Å². The maximum atomic E-state index is 13.5. The van der Waals surface area contributed by atoms with Gasteiger partial charge in [-0.25, -0.2) is 4.99 Å². The number of hydrogen-bond acceptors (Lipinski definition) is 5. The van der Waals surface area contributed by atoms with Crippen LogP contribution in [0.2, 0.25) is 0 Å². The van der Waals surface area contributed by atoms with Crippen LogP contribution in [0.3, 0.4) is 0 Å². The van der Waals surface area contributed by atoms with E-state index in [2.05, 4.69) is 24.3 Å². The van der Waals surface area contributed by atoms with Crippen molar-refractivity contribution in [1.29, 1.82) is 0 Å². The van der Waals surface area contributed by atoms with E-state index in [0.717, 1.165) is 31.9 Å². The molecule has 38 heavy (non-hydrogen) atoms. The van der Waals surface area contributed by atoms with Crippen LogP contribution in [0.5, 0.6) is 0 Å². The number of rotatable bonds is 9. The number of benzene rings is 1. The van der Waals surface area contributed by atoms with Crippen LogP contribution in [0.4, 0.5) is 13.2 Å². The summed E-state index contributed by atoms with van der Waals surface area (Å²) in [7, 11) is 0. The number of carboxylic acids is 1. The van der Waals surface area contributed by atoms with Gasteiger partial charge < -0.3 is 14.9 Å². The normalized spacial score (nSPS) is 20.6. The lowest BCUT2D eigenvalue weighted by atomic mass is 9.93. The number of carbonyl (C=O) groups excluding carboxylic acids is 1. The Morgan fingerprint density at radius 2 is 1.84 bits per heavy atom. The van der Waals surface area contributed by atoms with Crippen molar-refractivity contribution in [2.45, 2.75) is 57.5 Å². The van der Waals surface area contributed by atoms with Gasteiger partial charge >= 0.3 is 12.1 Å². The molecule has 1 N–H and O–H groups in total. The number of carbonyl (C=O) groups is 2. The highest BCUT2D eigenvalue weighted by Crippen LogP contribution is 2.38. The highest BCUT2D eigenvalue weighted by molar-refractivity contribution is 7.79. The molecule has 10 heteroatoms. The number of allylic oxidation sites excluding steroid dienone is 2. The summed E-state index contributed by atoms with van der Waals surface area (Å²) in [6.45, 7) is 7.55. The van der Waals surface area contributed by atoms with E-state index < -0.39 is 17.7 Å². The zero-order valence-electron chi connectivity index (χ0n) is 22.1. The van der Waals surface area contributed by atoms with Crippen LogP contribution in [-0.2, 0) is 15.8 Å². The molecule has 2 fully saturated rings. The molecule has 2 aliphatic rings. The number of alkyl halides is 3. The molecule has 210 valence electrons. The molecule has 1 aromatic rings. The summed E-state index contributed by atoms with van der Waals surface area (Å²) in [5, 5.41) is 9.12. The first-order valence-electron chi connectivity index (χ1n) is 12.9. The molecule has 0 spiro atoms. The lowest BCUT2D eigenvalue weighted by Gasteiger charge is -2.33. The number of likely N-dealkylation sites (tertiary alicyclic amines) is 2. The van der Waals surface area contributed by atoms with Crippen molar-refractivity contribution < 1.29 is 27.9 Å². The first kappa shape index (κ1) is 31.5.